The largest absolute Gasteiger partial charge is 0.463 e. The molecule has 0 aliphatic carbocycles. The minimum Gasteiger partial charge on any atom is -0.463 e. The Bertz CT molecular complexity index is 959. The first-order valence-corrected chi connectivity index (χ1v) is 9.10. The summed E-state index contributed by atoms with van der Waals surface area (Å²) in [6, 6.07) is 14.8. The van der Waals surface area contributed by atoms with Crippen molar-refractivity contribution in [1.82, 2.24) is 10.2 Å². The summed E-state index contributed by atoms with van der Waals surface area (Å²) in [7, 11) is 1.74. The Balaban J connectivity index is 2.30. The highest BCUT2D eigenvalue weighted by Gasteiger charge is 2.38. The van der Waals surface area contributed by atoms with Crippen molar-refractivity contribution < 1.29 is 14.5 Å². The zero-order valence-electron chi connectivity index (χ0n) is 15.4. The normalized spacial score (nSPS) is 16.6. The summed E-state index contributed by atoms with van der Waals surface area (Å²) in [5.41, 5.74) is 1.85. The Kier molecular flexibility index (Phi) is 5.70. The molecule has 1 aliphatic heterocycles. The number of esters is 1. The molecule has 144 valence electrons. The topological polar surface area (TPSA) is 84.7 Å². The predicted molar refractivity (Wildman–Crippen MR) is 109 cm³/mol. The van der Waals surface area contributed by atoms with E-state index in [4.69, 9.17) is 17.0 Å². The van der Waals surface area contributed by atoms with E-state index in [9.17, 15) is 14.9 Å². The number of thiocarbonyl (C=S) groups is 1. The number of ether oxygens (including phenoxy) is 1. The number of hydrogen-bond donors (Lipinski definition) is 1. The molecular weight excluding hydrogens is 378 g/mol. The average molecular weight is 397 g/mol. The van der Waals surface area contributed by atoms with Crippen molar-refractivity contribution in [2.24, 2.45) is 0 Å². The number of para-hydroxylation sites is 1. The zero-order chi connectivity index (χ0) is 20.3. The lowest BCUT2D eigenvalue weighted by molar-refractivity contribution is -0.385. The maximum atomic E-state index is 12.9. The van der Waals surface area contributed by atoms with Gasteiger partial charge in [0.2, 0.25) is 0 Å². The molecule has 0 radical (unpaired) electrons. The molecule has 1 N–H and O–H groups in total. The minimum absolute atomic E-state index is 0.0958. The predicted octanol–water partition coefficient (Wildman–Crippen LogP) is 3.43. The highest BCUT2D eigenvalue weighted by molar-refractivity contribution is 7.80. The fourth-order valence-corrected chi connectivity index (χ4v) is 3.42. The van der Waals surface area contributed by atoms with Gasteiger partial charge in [-0.25, -0.2) is 4.79 Å². The molecule has 0 spiro atoms. The molecule has 3 rings (SSSR count). The van der Waals surface area contributed by atoms with E-state index in [1.165, 1.54) is 6.07 Å². The van der Waals surface area contributed by atoms with Crippen LogP contribution >= 0.6 is 12.2 Å². The van der Waals surface area contributed by atoms with Crippen LogP contribution in [-0.4, -0.2) is 34.6 Å². The van der Waals surface area contributed by atoms with E-state index in [-0.39, 0.29) is 17.9 Å². The van der Waals surface area contributed by atoms with Crippen LogP contribution in [0, 0.1) is 10.1 Å². The van der Waals surface area contributed by atoms with Crippen LogP contribution in [0.3, 0.4) is 0 Å². The van der Waals surface area contributed by atoms with E-state index < -0.39 is 16.9 Å². The second-order valence-electron chi connectivity index (χ2n) is 6.11. The smallest absolute Gasteiger partial charge is 0.338 e. The van der Waals surface area contributed by atoms with Gasteiger partial charge in [-0.1, -0.05) is 42.5 Å². The van der Waals surface area contributed by atoms with E-state index in [1.807, 2.05) is 30.3 Å². The van der Waals surface area contributed by atoms with Gasteiger partial charge in [0.1, 0.15) is 0 Å². The second-order valence-corrected chi connectivity index (χ2v) is 6.49. The molecule has 0 fully saturated rings. The summed E-state index contributed by atoms with van der Waals surface area (Å²) >= 11 is 5.45. The van der Waals surface area contributed by atoms with Gasteiger partial charge in [-0.3, -0.25) is 10.1 Å². The maximum absolute atomic E-state index is 12.9. The fraction of sp³-hybridized carbons (Fsp3) is 0.200. The molecule has 1 unspecified atom stereocenters. The van der Waals surface area contributed by atoms with Gasteiger partial charge in [-0.05, 0) is 30.8 Å². The Morgan fingerprint density at radius 3 is 2.50 bits per heavy atom. The molecule has 0 bridgehead atoms. The summed E-state index contributed by atoms with van der Waals surface area (Å²) in [5, 5.41) is 15.0. The Labute approximate surface area is 167 Å². The third-order valence-electron chi connectivity index (χ3n) is 4.44. The Hall–Kier alpha value is -3.26. The lowest BCUT2D eigenvalue weighted by Crippen LogP contribution is -2.46. The van der Waals surface area contributed by atoms with Gasteiger partial charge in [0, 0.05) is 13.1 Å². The molecule has 7 nitrogen and oxygen atoms in total. The quantitative estimate of drug-likeness (QED) is 0.358. The van der Waals surface area contributed by atoms with Crippen molar-refractivity contribution in [2.75, 3.05) is 13.7 Å². The Morgan fingerprint density at radius 2 is 1.86 bits per heavy atom. The Morgan fingerprint density at radius 1 is 1.21 bits per heavy atom. The van der Waals surface area contributed by atoms with Gasteiger partial charge in [-0.15, -0.1) is 0 Å². The van der Waals surface area contributed by atoms with Crippen LogP contribution in [0.1, 0.15) is 24.1 Å². The third kappa shape index (κ3) is 3.59. The lowest BCUT2D eigenvalue weighted by Gasteiger charge is -2.36. The SMILES string of the molecule is CCOC(=O)C1=C(c2ccccc2)N(C)C(=S)NC1c1ccccc1[N+](=O)[O-]. The summed E-state index contributed by atoms with van der Waals surface area (Å²) in [4.78, 5) is 25.7. The number of carbonyl (C=O) groups is 1. The summed E-state index contributed by atoms with van der Waals surface area (Å²) in [6.45, 7) is 1.90. The molecular formula is C20H19N3O4S. The number of nitro benzene ring substituents is 1. The number of nitro groups is 1. The van der Waals surface area contributed by atoms with Gasteiger partial charge >= 0.3 is 5.97 Å². The van der Waals surface area contributed by atoms with Gasteiger partial charge in [-0.2, -0.15) is 0 Å². The van der Waals surface area contributed by atoms with E-state index in [2.05, 4.69) is 5.32 Å². The summed E-state index contributed by atoms with van der Waals surface area (Å²) in [5.74, 6) is -0.550. The van der Waals surface area contributed by atoms with E-state index in [0.29, 0.717) is 16.4 Å². The number of rotatable bonds is 5. The molecule has 2 aromatic rings. The molecule has 8 heteroatoms. The monoisotopic (exact) mass is 397 g/mol. The van der Waals surface area contributed by atoms with Crippen LogP contribution in [-0.2, 0) is 9.53 Å². The molecule has 28 heavy (non-hydrogen) atoms. The molecule has 0 amide bonds. The van der Waals surface area contributed by atoms with E-state index in [0.717, 1.165) is 5.56 Å². The van der Waals surface area contributed by atoms with Crippen molar-refractivity contribution in [1.29, 1.82) is 0 Å². The van der Waals surface area contributed by atoms with Gasteiger partial charge in [0.25, 0.3) is 5.69 Å². The van der Waals surface area contributed by atoms with Crippen LogP contribution in [0.4, 0.5) is 5.69 Å². The van der Waals surface area contributed by atoms with Crippen molar-refractivity contribution in [3.8, 4) is 0 Å². The first-order chi connectivity index (χ1) is 13.5. The molecule has 0 saturated carbocycles. The molecule has 1 aliphatic rings. The first-order valence-electron chi connectivity index (χ1n) is 8.70. The van der Waals surface area contributed by atoms with Crippen molar-refractivity contribution in [2.45, 2.75) is 13.0 Å². The maximum Gasteiger partial charge on any atom is 0.338 e. The molecule has 0 aromatic heterocycles. The van der Waals surface area contributed by atoms with Gasteiger partial charge in [0.15, 0.2) is 5.11 Å². The van der Waals surface area contributed by atoms with Crippen molar-refractivity contribution >= 4 is 34.7 Å². The average Bonchev–Trinajstić information content (AvgIpc) is 2.70. The molecule has 1 heterocycles. The molecule has 1 atom stereocenters. The van der Waals surface area contributed by atoms with Crippen LogP contribution in [0.5, 0.6) is 0 Å². The fourth-order valence-electron chi connectivity index (χ4n) is 3.21. The van der Waals surface area contributed by atoms with Crippen molar-refractivity contribution in [3.05, 3.63) is 81.4 Å². The first kappa shape index (κ1) is 19.5. The third-order valence-corrected chi connectivity index (χ3v) is 4.83. The van der Waals surface area contributed by atoms with Crippen molar-refractivity contribution in [3.63, 3.8) is 0 Å². The van der Waals surface area contributed by atoms with Gasteiger partial charge in [0.05, 0.1) is 34.4 Å². The van der Waals surface area contributed by atoms with Crippen LogP contribution in [0.25, 0.3) is 5.70 Å². The van der Waals surface area contributed by atoms with Gasteiger partial charge < -0.3 is 15.0 Å². The summed E-state index contributed by atoms with van der Waals surface area (Å²) in [6.07, 6.45) is 0. The highest BCUT2D eigenvalue weighted by atomic mass is 32.1. The molecule has 0 saturated heterocycles. The molecule has 2 aromatic carbocycles. The number of benzene rings is 2. The lowest BCUT2D eigenvalue weighted by atomic mass is 9.91. The highest BCUT2D eigenvalue weighted by Crippen LogP contribution is 2.38. The number of carbonyl (C=O) groups excluding carboxylic acids is 1. The number of hydrogen-bond acceptors (Lipinski definition) is 5. The van der Waals surface area contributed by atoms with Crippen LogP contribution in [0.2, 0.25) is 0 Å². The minimum atomic E-state index is -0.806. The second kappa shape index (κ2) is 8.18. The van der Waals surface area contributed by atoms with E-state index >= 15 is 0 Å². The summed E-state index contributed by atoms with van der Waals surface area (Å²) < 4.78 is 5.29. The standard InChI is InChI=1S/C20H19N3O4S/c1-3-27-19(24)16-17(14-11-7-8-12-15(14)23(25)26)21-20(28)22(2)18(16)13-9-5-4-6-10-13/h4-12,17H,3H2,1-2H3,(H,21,28). The van der Waals surface area contributed by atoms with E-state index in [1.54, 1.807) is 37.1 Å². The number of nitrogens with zero attached hydrogens (tertiary/aromatic N) is 2. The zero-order valence-corrected chi connectivity index (χ0v) is 16.2. The van der Waals surface area contributed by atoms with Crippen LogP contribution < -0.4 is 5.32 Å². The number of nitrogens with one attached hydrogen (secondary N) is 1. The van der Waals surface area contributed by atoms with Crippen LogP contribution in [0.15, 0.2) is 60.2 Å².